The third-order valence-corrected chi connectivity index (χ3v) is 3.61. The van der Waals surface area contributed by atoms with Crippen LogP contribution in [0, 0.1) is 0 Å². The third-order valence-electron chi connectivity index (χ3n) is 2.32. The van der Waals surface area contributed by atoms with Gasteiger partial charge in [0.1, 0.15) is 5.75 Å². The standard InChI is InChI=1S/C12H18O4S/c1-4-6-16-17(13,14)12-8-10(5-2)7-11(9-12)15-3/h7-9H,4-6H2,1-3H3. The normalized spacial score (nSPS) is 11.5. The number of hydrogen-bond donors (Lipinski definition) is 0. The summed E-state index contributed by atoms with van der Waals surface area (Å²) in [5, 5.41) is 0. The van der Waals surface area contributed by atoms with Gasteiger partial charge in [-0.1, -0.05) is 13.8 Å². The molecule has 0 saturated heterocycles. The van der Waals surface area contributed by atoms with Crippen molar-refractivity contribution in [2.75, 3.05) is 13.7 Å². The van der Waals surface area contributed by atoms with Crippen LogP contribution in [0.3, 0.4) is 0 Å². The summed E-state index contributed by atoms with van der Waals surface area (Å²) in [4.78, 5) is 0.155. The molecule has 0 bridgehead atoms. The summed E-state index contributed by atoms with van der Waals surface area (Å²) >= 11 is 0. The number of benzene rings is 1. The van der Waals surface area contributed by atoms with Gasteiger partial charge in [0.05, 0.1) is 18.6 Å². The van der Waals surface area contributed by atoms with E-state index >= 15 is 0 Å². The molecule has 5 heteroatoms. The van der Waals surface area contributed by atoms with Crippen LogP contribution in [-0.4, -0.2) is 22.1 Å². The molecule has 0 unspecified atom stereocenters. The second kappa shape index (κ2) is 6.02. The molecule has 0 heterocycles. The molecule has 0 radical (unpaired) electrons. The second-order valence-corrected chi connectivity index (χ2v) is 5.26. The Labute approximate surface area is 103 Å². The van der Waals surface area contributed by atoms with Gasteiger partial charge in [-0.15, -0.1) is 0 Å². The number of hydrogen-bond acceptors (Lipinski definition) is 4. The zero-order valence-corrected chi connectivity index (χ0v) is 11.2. The molecule has 0 amide bonds. The average molecular weight is 258 g/mol. The monoisotopic (exact) mass is 258 g/mol. The lowest BCUT2D eigenvalue weighted by Gasteiger charge is -2.08. The second-order valence-electron chi connectivity index (χ2n) is 3.65. The van der Waals surface area contributed by atoms with Gasteiger partial charge in [-0.3, -0.25) is 4.18 Å². The quantitative estimate of drug-likeness (QED) is 0.735. The summed E-state index contributed by atoms with van der Waals surface area (Å²) in [6, 6.07) is 4.91. The lowest BCUT2D eigenvalue weighted by molar-refractivity contribution is 0.317. The number of methoxy groups -OCH3 is 1. The predicted octanol–water partition coefficient (Wildman–Crippen LogP) is 2.37. The van der Waals surface area contributed by atoms with E-state index in [2.05, 4.69) is 0 Å². The maximum Gasteiger partial charge on any atom is 0.297 e. The largest absolute Gasteiger partial charge is 0.497 e. The number of ether oxygens (including phenoxy) is 1. The molecule has 1 rings (SSSR count). The first-order valence-electron chi connectivity index (χ1n) is 5.60. The Morgan fingerprint density at radius 2 is 1.88 bits per heavy atom. The maximum atomic E-state index is 11.8. The summed E-state index contributed by atoms with van der Waals surface area (Å²) in [5.41, 5.74) is 0.906. The molecule has 17 heavy (non-hydrogen) atoms. The van der Waals surface area contributed by atoms with Crippen LogP contribution >= 0.6 is 0 Å². The Kier molecular flexibility index (Phi) is 4.96. The predicted molar refractivity (Wildman–Crippen MR) is 65.8 cm³/mol. The topological polar surface area (TPSA) is 52.6 Å². The third kappa shape index (κ3) is 3.71. The Morgan fingerprint density at radius 3 is 2.41 bits per heavy atom. The van der Waals surface area contributed by atoms with Crippen molar-refractivity contribution >= 4 is 10.1 Å². The van der Waals surface area contributed by atoms with Gasteiger partial charge in [0.15, 0.2) is 0 Å². The molecule has 96 valence electrons. The molecule has 4 nitrogen and oxygen atoms in total. The van der Waals surface area contributed by atoms with E-state index in [-0.39, 0.29) is 11.5 Å². The van der Waals surface area contributed by atoms with Gasteiger partial charge in [-0.05, 0) is 30.5 Å². The average Bonchev–Trinajstić information content (AvgIpc) is 2.35. The molecule has 1 aromatic carbocycles. The van der Waals surface area contributed by atoms with Crippen LogP contribution in [0.5, 0.6) is 5.75 Å². The first-order valence-corrected chi connectivity index (χ1v) is 7.01. The fraction of sp³-hybridized carbons (Fsp3) is 0.500. The minimum absolute atomic E-state index is 0.155. The minimum atomic E-state index is -3.67. The first kappa shape index (κ1) is 14.0. The molecule has 0 fully saturated rings. The molecular weight excluding hydrogens is 240 g/mol. The Balaban J connectivity index is 3.12. The zero-order chi connectivity index (χ0) is 12.9. The number of aryl methyl sites for hydroxylation is 1. The lowest BCUT2D eigenvalue weighted by atomic mass is 10.2. The van der Waals surface area contributed by atoms with E-state index in [1.54, 1.807) is 6.07 Å². The van der Waals surface area contributed by atoms with Crippen molar-refractivity contribution in [2.45, 2.75) is 31.6 Å². The highest BCUT2D eigenvalue weighted by molar-refractivity contribution is 7.86. The van der Waals surface area contributed by atoms with Crippen LogP contribution < -0.4 is 4.74 Å². The molecular formula is C12H18O4S. The van der Waals surface area contributed by atoms with Gasteiger partial charge >= 0.3 is 0 Å². The molecule has 0 saturated carbocycles. The number of rotatable bonds is 6. The van der Waals surface area contributed by atoms with Crippen molar-refractivity contribution < 1.29 is 17.3 Å². The van der Waals surface area contributed by atoms with Gasteiger partial charge in [-0.25, -0.2) is 0 Å². The van der Waals surface area contributed by atoms with Gasteiger partial charge in [0, 0.05) is 6.07 Å². The highest BCUT2D eigenvalue weighted by Gasteiger charge is 2.16. The zero-order valence-electron chi connectivity index (χ0n) is 10.4. The van der Waals surface area contributed by atoms with Crippen LogP contribution in [0.2, 0.25) is 0 Å². The summed E-state index contributed by atoms with van der Waals surface area (Å²) < 4.78 is 33.7. The molecule has 0 atom stereocenters. The van der Waals surface area contributed by atoms with Crippen molar-refractivity contribution in [1.29, 1.82) is 0 Å². The molecule has 0 spiro atoms. The molecule has 1 aromatic rings. The fourth-order valence-electron chi connectivity index (χ4n) is 1.36. The Hall–Kier alpha value is -1.07. The van der Waals surface area contributed by atoms with Crippen molar-refractivity contribution in [3.63, 3.8) is 0 Å². The smallest absolute Gasteiger partial charge is 0.297 e. The van der Waals surface area contributed by atoms with Crippen LogP contribution in [-0.2, 0) is 20.7 Å². The molecule has 0 aliphatic carbocycles. The van der Waals surface area contributed by atoms with Gasteiger partial charge in [0.2, 0.25) is 0 Å². The highest BCUT2D eigenvalue weighted by Crippen LogP contribution is 2.22. The van der Waals surface area contributed by atoms with E-state index in [9.17, 15) is 8.42 Å². The van der Waals surface area contributed by atoms with E-state index in [1.807, 2.05) is 19.9 Å². The SMILES string of the molecule is CCCOS(=O)(=O)c1cc(CC)cc(OC)c1. The van der Waals surface area contributed by atoms with Crippen LogP contribution in [0.1, 0.15) is 25.8 Å². The summed E-state index contributed by atoms with van der Waals surface area (Å²) in [7, 11) is -2.16. The van der Waals surface area contributed by atoms with Crippen molar-refractivity contribution in [1.82, 2.24) is 0 Å². The summed E-state index contributed by atoms with van der Waals surface area (Å²) in [6.07, 6.45) is 1.40. The van der Waals surface area contributed by atoms with Crippen LogP contribution in [0.15, 0.2) is 23.1 Å². The van der Waals surface area contributed by atoms with E-state index in [4.69, 9.17) is 8.92 Å². The summed E-state index contributed by atoms with van der Waals surface area (Å²) in [5.74, 6) is 0.531. The van der Waals surface area contributed by atoms with E-state index < -0.39 is 10.1 Å². The van der Waals surface area contributed by atoms with Crippen LogP contribution in [0.4, 0.5) is 0 Å². The van der Waals surface area contributed by atoms with E-state index in [0.29, 0.717) is 12.2 Å². The van der Waals surface area contributed by atoms with Gasteiger partial charge in [-0.2, -0.15) is 8.42 Å². The molecule has 0 aliphatic heterocycles. The minimum Gasteiger partial charge on any atom is -0.497 e. The molecule has 0 aliphatic rings. The van der Waals surface area contributed by atoms with Crippen molar-refractivity contribution in [3.8, 4) is 5.75 Å². The van der Waals surface area contributed by atoms with Crippen LogP contribution in [0.25, 0.3) is 0 Å². The van der Waals surface area contributed by atoms with E-state index in [0.717, 1.165) is 12.0 Å². The van der Waals surface area contributed by atoms with E-state index in [1.165, 1.54) is 13.2 Å². The molecule has 0 N–H and O–H groups in total. The van der Waals surface area contributed by atoms with Gasteiger partial charge in [0.25, 0.3) is 10.1 Å². The summed E-state index contributed by atoms with van der Waals surface area (Å²) in [6.45, 7) is 4.01. The van der Waals surface area contributed by atoms with Crippen molar-refractivity contribution in [2.24, 2.45) is 0 Å². The lowest BCUT2D eigenvalue weighted by Crippen LogP contribution is -2.08. The Bertz CT molecular complexity index is 443. The maximum absolute atomic E-state index is 11.8. The first-order chi connectivity index (χ1) is 8.03. The highest BCUT2D eigenvalue weighted by atomic mass is 32.2. The van der Waals surface area contributed by atoms with Gasteiger partial charge < -0.3 is 4.74 Å². The molecule has 0 aromatic heterocycles. The Morgan fingerprint density at radius 1 is 1.18 bits per heavy atom. The fourth-order valence-corrected chi connectivity index (χ4v) is 2.44. The van der Waals surface area contributed by atoms with Crippen molar-refractivity contribution in [3.05, 3.63) is 23.8 Å².